The first-order chi connectivity index (χ1) is 15.2. The number of rotatable bonds is 7. The Bertz CT molecular complexity index is 992. The van der Waals surface area contributed by atoms with Crippen molar-refractivity contribution >= 4 is 11.7 Å². The molecule has 160 valence electrons. The number of aromatic nitrogens is 2. The van der Waals surface area contributed by atoms with Crippen molar-refractivity contribution in [1.82, 2.24) is 15.5 Å². The summed E-state index contributed by atoms with van der Waals surface area (Å²) in [7, 11) is 0. The largest absolute Gasteiger partial charge is 0.494 e. The van der Waals surface area contributed by atoms with Crippen LogP contribution in [0.4, 0.5) is 5.82 Å². The average Bonchev–Trinajstić information content (AvgIpc) is 2.84. The summed E-state index contributed by atoms with van der Waals surface area (Å²) in [5, 5.41) is 11.9. The van der Waals surface area contributed by atoms with Gasteiger partial charge in [0.2, 0.25) is 5.91 Å². The molecular weight excluding hydrogens is 388 g/mol. The number of hydrogen-bond acceptors (Lipinski definition) is 5. The Balaban J connectivity index is 1.34. The van der Waals surface area contributed by atoms with Gasteiger partial charge in [-0.25, -0.2) is 0 Å². The molecule has 1 unspecified atom stereocenters. The number of carbonyl (C=O) groups is 1. The molecule has 1 aliphatic rings. The number of benzene rings is 2. The van der Waals surface area contributed by atoms with Crippen LogP contribution in [0.1, 0.15) is 25.3 Å². The van der Waals surface area contributed by atoms with E-state index in [1.165, 1.54) is 0 Å². The summed E-state index contributed by atoms with van der Waals surface area (Å²) in [5.41, 5.74) is 2.94. The maximum Gasteiger partial charge on any atom is 0.225 e. The Hall–Kier alpha value is -3.41. The number of nitrogens with zero attached hydrogens (tertiary/aromatic N) is 3. The normalized spacial score (nSPS) is 16.0. The summed E-state index contributed by atoms with van der Waals surface area (Å²) in [6, 6.07) is 21.9. The first-order valence-electron chi connectivity index (χ1n) is 10.9. The van der Waals surface area contributed by atoms with Gasteiger partial charge in [0, 0.05) is 25.2 Å². The van der Waals surface area contributed by atoms with Crippen molar-refractivity contribution in [1.29, 1.82) is 0 Å². The molecule has 3 aromatic rings. The topological polar surface area (TPSA) is 67.3 Å². The lowest BCUT2D eigenvalue weighted by atomic mass is 9.97. The van der Waals surface area contributed by atoms with Gasteiger partial charge in [-0.05, 0) is 49.6 Å². The predicted molar refractivity (Wildman–Crippen MR) is 122 cm³/mol. The van der Waals surface area contributed by atoms with Crippen LogP contribution in [-0.2, 0) is 11.3 Å². The van der Waals surface area contributed by atoms with E-state index in [0.717, 1.165) is 47.8 Å². The molecule has 1 aliphatic heterocycles. The van der Waals surface area contributed by atoms with Crippen LogP contribution >= 0.6 is 0 Å². The van der Waals surface area contributed by atoms with Crippen LogP contribution in [0.5, 0.6) is 5.75 Å². The van der Waals surface area contributed by atoms with Crippen LogP contribution in [-0.4, -0.2) is 35.8 Å². The van der Waals surface area contributed by atoms with E-state index in [2.05, 4.69) is 20.4 Å². The van der Waals surface area contributed by atoms with E-state index >= 15 is 0 Å². The molecule has 1 fully saturated rings. The van der Waals surface area contributed by atoms with Crippen LogP contribution in [0.2, 0.25) is 0 Å². The maximum absolute atomic E-state index is 12.8. The first-order valence-corrected chi connectivity index (χ1v) is 10.9. The van der Waals surface area contributed by atoms with E-state index in [1.807, 2.05) is 73.7 Å². The van der Waals surface area contributed by atoms with Crippen LogP contribution in [0.3, 0.4) is 0 Å². The Morgan fingerprint density at radius 2 is 1.97 bits per heavy atom. The van der Waals surface area contributed by atoms with E-state index in [9.17, 15) is 4.79 Å². The van der Waals surface area contributed by atoms with Crippen LogP contribution in [0.15, 0.2) is 66.7 Å². The standard InChI is InChI=1S/C25H28N4O2/c1-2-31-22-12-6-8-19(16-22)17-26-25(30)21-11-7-15-29(18-21)24-14-13-23(27-28-24)20-9-4-3-5-10-20/h3-6,8-10,12-14,16,21H,2,7,11,15,17-18H2,1H3,(H,26,30). The van der Waals surface area contributed by atoms with Gasteiger partial charge < -0.3 is 15.0 Å². The molecule has 1 saturated heterocycles. The molecule has 6 heteroatoms. The third-order valence-electron chi connectivity index (χ3n) is 5.51. The van der Waals surface area contributed by atoms with Crippen molar-refractivity contribution in [2.24, 2.45) is 5.92 Å². The fraction of sp³-hybridized carbons (Fsp3) is 0.320. The van der Waals surface area contributed by atoms with Gasteiger partial charge in [-0.3, -0.25) is 4.79 Å². The molecule has 0 spiro atoms. The Morgan fingerprint density at radius 1 is 1.10 bits per heavy atom. The van der Waals surface area contributed by atoms with Crippen molar-refractivity contribution in [3.63, 3.8) is 0 Å². The zero-order valence-corrected chi connectivity index (χ0v) is 17.8. The SMILES string of the molecule is CCOc1cccc(CNC(=O)C2CCCN(c3ccc(-c4ccccc4)nn3)C2)c1. The van der Waals surface area contributed by atoms with Crippen LogP contribution < -0.4 is 15.0 Å². The second kappa shape index (κ2) is 10.1. The molecule has 1 aromatic heterocycles. The molecule has 0 radical (unpaired) electrons. The third kappa shape index (κ3) is 5.40. The van der Waals surface area contributed by atoms with Crippen molar-refractivity contribution < 1.29 is 9.53 Å². The van der Waals surface area contributed by atoms with E-state index in [0.29, 0.717) is 19.7 Å². The van der Waals surface area contributed by atoms with Gasteiger partial charge >= 0.3 is 0 Å². The minimum atomic E-state index is -0.0561. The molecule has 2 aromatic carbocycles. The summed E-state index contributed by atoms with van der Waals surface area (Å²) in [4.78, 5) is 15.0. The lowest BCUT2D eigenvalue weighted by molar-refractivity contribution is -0.125. The van der Waals surface area contributed by atoms with Crippen molar-refractivity contribution in [3.8, 4) is 17.0 Å². The highest BCUT2D eigenvalue weighted by molar-refractivity contribution is 5.79. The number of nitrogens with one attached hydrogen (secondary N) is 1. The quantitative estimate of drug-likeness (QED) is 0.629. The highest BCUT2D eigenvalue weighted by atomic mass is 16.5. The molecule has 4 rings (SSSR count). The van der Waals surface area contributed by atoms with Gasteiger partial charge in [0.05, 0.1) is 18.2 Å². The predicted octanol–water partition coefficient (Wildman–Crippen LogP) is 4.08. The number of carbonyl (C=O) groups excluding carboxylic acids is 1. The maximum atomic E-state index is 12.8. The first kappa shape index (κ1) is 20.8. The Kier molecular flexibility index (Phi) is 6.77. The Morgan fingerprint density at radius 3 is 2.74 bits per heavy atom. The molecule has 0 saturated carbocycles. The van der Waals surface area contributed by atoms with E-state index in [1.54, 1.807) is 0 Å². The number of hydrogen-bond donors (Lipinski definition) is 1. The van der Waals surface area contributed by atoms with Gasteiger partial charge in [0.15, 0.2) is 5.82 Å². The molecule has 31 heavy (non-hydrogen) atoms. The molecule has 0 bridgehead atoms. The van der Waals surface area contributed by atoms with Crippen LogP contribution in [0, 0.1) is 5.92 Å². The molecule has 1 N–H and O–H groups in total. The second-order valence-electron chi connectivity index (χ2n) is 7.73. The fourth-order valence-electron chi connectivity index (χ4n) is 3.90. The zero-order valence-electron chi connectivity index (χ0n) is 17.8. The Labute approximate surface area is 183 Å². The van der Waals surface area contributed by atoms with E-state index in [4.69, 9.17) is 4.74 Å². The summed E-state index contributed by atoms with van der Waals surface area (Å²) in [5.74, 6) is 1.68. The third-order valence-corrected chi connectivity index (χ3v) is 5.51. The van der Waals surface area contributed by atoms with Gasteiger partial charge in [-0.15, -0.1) is 10.2 Å². The highest BCUT2D eigenvalue weighted by Crippen LogP contribution is 2.23. The number of piperidine rings is 1. The lowest BCUT2D eigenvalue weighted by Crippen LogP contribution is -2.43. The smallest absolute Gasteiger partial charge is 0.225 e. The van der Waals surface area contributed by atoms with Gasteiger partial charge in [-0.1, -0.05) is 42.5 Å². The second-order valence-corrected chi connectivity index (χ2v) is 7.73. The van der Waals surface area contributed by atoms with Gasteiger partial charge in [0.1, 0.15) is 5.75 Å². The highest BCUT2D eigenvalue weighted by Gasteiger charge is 2.26. The minimum Gasteiger partial charge on any atom is -0.494 e. The molecule has 2 heterocycles. The average molecular weight is 417 g/mol. The van der Waals surface area contributed by atoms with Crippen molar-refractivity contribution in [2.45, 2.75) is 26.3 Å². The summed E-state index contributed by atoms with van der Waals surface area (Å²) >= 11 is 0. The van der Waals surface area contributed by atoms with Gasteiger partial charge in [0.25, 0.3) is 0 Å². The minimum absolute atomic E-state index is 0.0561. The fourth-order valence-corrected chi connectivity index (χ4v) is 3.90. The van der Waals surface area contributed by atoms with E-state index in [-0.39, 0.29) is 11.8 Å². The molecular formula is C25H28N4O2. The van der Waals surface area contributed by atoms with Crippen molar-refractivity contribution in [3.05, 3.63) is 72.3 Å². The summed E-state index contributed by atoms with van der Waals surface area (Å²) < 4.78 is 5.54. The van der Waals surface area contributed by atoms with Gasteiger partial charge in [-0.2, -0.15) is 0 Å². The summed E-state index contributed by atoms with van der Waals surface area (Å²) in [6.07, 6.45) is 1.84. The number of amides is 1. The van der Waals surface area contributed by atoms with Crippen LogP contribution in [0.25, 0.3) is 11.3 Å². The lowest BCUT2D eigenvalue weighted by Gasteiger charge is -2.32. The molecule has 6 nitrogen and oxygen atoms in total. The molecule has 1 amide bonds. The molecule has 1 atom stereocenters. The molecule has 0 aliphatic carbocycles. The monoisotopic (exact) mass is 416 g/mol. The van der Waals surface area contributed by atoms with E-state index < -0.39 is 0 Å². The zero-order chi connectivity index (χ0) is 21.5. The number of ether oxygens (including phenoxy) is 1. The van der Waals surface area contributed by atoms with Crippen molar-refractivity contribution in [2.75, 3.05) is 24.6 Å². The summed E-state index contributed by atoms with van der Waals surface area (Å²) in [6.45, 7) is 4.64. The number of anilines is 1.